The van der Waals surface area contributed by atoms with Crippen molar-refractivity contribution in [1.82, 2.24) is 4.90 Å². The molecule has 0 aromatic heterocycles. The first-order valence-corrected chi connectivity index (χ1v) is 6.25. The van der Waals surface area contributed by atoms with Gasteiger partial charge in [-0.05, 0) is 57.1 Å². The number of hydrogen-bond acceptors (Lipinski definition) is 3. The Labute approximate surface area is 110 Å². The number of allylic oxidation sites excluding steroid dienone is 1. The Morgan fingerprint density at radius 2 is 2.11 bits per heavy atom. The fourth-order valence-electron chi connectivity index (χ4n) is 1.93. The maximum Gasteiger partial charge on any atom is 0.0270 e. The maximum absolute atomic E-state index is 7.34. The molecule has 0 aliphatic rings. The molecule has 3 nitrogen and oxygen atoms in total. The lowest BCUT2D eigenvalue weighted by Gasteiger charge is -2.12. The normalized spacial score (nSPS) is 11.9. The second-order valence-corrected chi connectivity index (χ2v) is 4.81. The highest BCUT2D eigenvalue weighted by Crippen LogP contribution is 2.18. The second kappa shape index (κ2) is 6.97. The molecule has 0 spiro atoms. The predicted octanol–water partition coefficient (Wildman–Crippen LogP) is 2.44. The minimum atomic E-state index is 0.767. The second-order valence-electron chi connectivity index (χ2n) is 4.81. The highest BCUT2D eigenvalue weighted by molar-refractivity contribution is 6.08. The van der Waals surface area contributed by atoms with E-state index in [0.717, 1.165) is 30.5 Å². The van der Waals surface area contributed by atoms with Crippen molar-refractivity contribution in [2.75, 3.05) is 20.6 Å². The lowest BCUT2D eigenvalue weighted by Crippen LogP contribution is -2.13. The molecule has 0 aliphatic carbocycles. The largest absolute Gasteiger partial charge is 0.404 e. The van der Waals surface area contributed by atoms with Crippen LogP contribution in [0.5, 0.6) is 0 Å². The Balaban J connectivity index is 2.84. The molecular formula is C15H23N3. The molecule has 3 heteroatoms. The van der Waals surface area contributed by atoms with Crippen molar-refractivity contribution < 1.29 is 0 Å². The molecule has 0 fully saturated rings. The van der Waals surface area contributed by atoms with Gasteiger partial charge < -0.3 is 16.0 Å². The average molecular weight is 245 g/mol. The van der Waals surface area contributed by atoms with E-state index >= 15 is 0 Å². The number of aryl methyl sites for hydroxylation is 2. The van der Waals surface area contributed by atoms with E-state index in [-0.39, 0.29) is 0 Å². The van der Waals surface area contributed by atoms with Gasteiger partial charge in [0, 0.05) is 18.0 Å². The number of nitrogens with zero attached hydrogens (tertiary/aromatic N) is 1. The molecule has 0 unspecified atom stereocenters. The van der Waals surface area contributed by atoms with E-state index < -0.39 is 0 Å². The summed E-state index contributed by atoms with van der Waals surface area (Å²) < 4.78 is 0. The van der Waals surface area contributed by atoms with Crippen molar-refractivity contribution in [1.29, 1.82) is 5.41 Å². The molecule has 1 aromatic rings. The monoisotopic (exact) mass is 245 g/mol. The first kappa shape index (κ1) is 14.5. The SMILES string of the molecule is Cc1ccc(/C(C=N)=C/N)cc1CCCN(C)C. The molecule has 0 radical (unpaired) electrons. The van der Waals surface area contributed by atoms with E-state index in [1.807, 2.05) is 6.07 Å². The van der Waals surface area contributed by atoms with Crippen molar-refractivity contribution in [3.63, 3.8) is 0 Å². The van der Waals surface area contributed by atoms with Gasteiger partial charge in [-0.15, -0.1) is 0 Å². The summed E-state index contributed by atoms with van der Waals surface area (Å²) in [6, 6.07) is 6.27. The fraction of sp³-hybridized carbons (Fsp3) is 0.400. The van der Waals surface area contributed by atoms with Gasteiger partial charge in [0.1, 0.15) is 0 Å². The number of nitrogens with two attached hydrogens (primary N) is 1. The van der Waals surface area contributed by atoms with Crippen LogP contribution < -0.4 is 5.73 Å². The summed E-state index contributed by atoms with van der Waals surface area (Å²) in [5.41, 5.74) is 9.96. The van der Waals surface area contributed by atoms with Crippen molar-refractivity contribution >= 4 is 11.8 Å². The van der Waals surface area contributed by atoms with Gasteiger partial charge in [0.2, 0.25) is 0 Å². The Morgan fingerprint density at radius 3 is 2.67 bits per heavy atom. The van der Waals surface area contributed by atoms with Crippen LogP contribution in [0, 0.1) is 12.3 Å². The third kappa shape index (κ3) is 4.00. The van der Waals surface area contributed by atoms with Crippen molar-refractivity contribution in [2.45, 2.75) is 19.8 Å². The lowest BCUT2D eigenvalue weighted by molar-refractivity contribution is 0.400. The van der Waals surface area contributed by atoms with E-state index in [1.54, 1.807) is 0 Å². The van der Waals surface area contributed by atoms with E-state index in [4.69, 9.17) is 11.1 Å². The van der Waals surface area contributed by atoms with Crippen LogP contribution >= 0.6 is 0 Å². The van der Waals surface area contributed by atoms with Gasteiger partial charge in [-0.3, -0.25) is 0 Å². The topological polar surface area (TPSA) is 53.1 Å². The molecule has 3 N–H and O–H groups in total. The van der Waals surface area contributed by atoms with Crippen LogP contribution in [0.1, 0.15) is 23.1 Å². The minimum absolute atomic E-state index is 0.767. The molecule has 0 saturated carbocycles. The zero-order chi connectivity index (χ0) is 13.5. The average Bonchev–Trinajstić information content (AvgIpc) is 2.34. The number of hydrogen-bond donors (Lipinski definition) is 2. The highest BCUT2D eigenvalue weighted by Gasteiger charge is 2.03. The molecule has 0 aliphatic heterocycles. The van der Waals surface area contributed by atoms with E-state index in [2.05, 4.69) is 38.1 Å². The summed E-state index contributed by atoms with van der Waals surface area (Å²) in [7, 11) is 4.18. The Bertz CT molecular complexity index is 433. The number of nitrogens with one attached hydrogen (secondary N) is 1. The Morgan fingerprint density at radius 1 is 1.39 bits per heavy atom. The third-order valence-electron chi connectivity index (χ3n) is 3.07. The van der Waals surface area contributed by atoms with Crippen molar-refractivity contribution in [3.8, 4) is 0 Å². The fourth-order valence-corrected chi connectivity index (χ4v) is 1.93. The summed E-state index contributed by atoms with van der Waals surface area (Å²) in [6.45, 7) is 3.22. The van der Waals surface area contributed by atoms with E-state index in [1.165, 1.54) is 23.5 Å². The Hall–Kier alpha value is -1.61. The highest BCUT2D eigenvalue weighted by atomic mass is 15.0. The van der Waals surface area contributed by atoms with Crippen molar-refractivity contribution in [2.24, 2.45) is 5.73 Å². The first-order valence-electron chi connectivity index (χ1n) is 6.25. The molecule has 1 rings (SSSR count). The summed E-state index contributed by atoms with van der Waals surface area (Å²) >= 11 is 0. The lowest BCUT2D eigenvalue weighted by atomic mass is 9.98. The molecule has 0 heterocycles. The minimum Gasteiger partial charge on any atom is -0.404 e. The smallest absolute Gasteiger partial charge is 0.0270 e. The standard InChI is InChI=1S/C15H23N3/c1-12-6-7-14(15(10-16)11-17)9-13(12)5-4-8-18(2)3/h6-7,9-11,16H,4-5,8,17H2,1-3H3/b15-11+,16-10?. The van der Waals surface area contributed by atoms with Crippen LogP contribution in [0.2, 0.25) is 0 Å². The summed E-state index contributed by atoms with van der Waals surface area (Å²) in [5.74, 6) is 0. The molecule has 1 aromatic carbocycles. The summed E-state index contributed by atoms with van der Waals surface area (Å²) in [4.78, 5) is 2.20. The third-order valence-corrected chi connectivity index (χ3v) is 3.07. The Kier molecular flexibility index (Phi) is 5.59. The molecule has 0 amide bonds. The summed E-state index contributed by atoms with van der Waals surface area (Å²) in [6.07, 6.45) is 4.99. The van der Waals surface area contributed by atoms with E-state index in [0.29, 0.717) is 0 Å². The molecular weight excluding hydrogens is 222 g/mol. The van der Waals surface area contributed by atoms with Crippen LogP contribution in [0.3, 0.4) is 0 Å². The molecule has 18 heavy (non-hydrogen) atoms. The van der Waals surface area contributed by atoms with Gasteiger partial charge in [0.15, 0.2) is 0 Å². The zero-order valence-electron chi connectivity index (χ0n) is 11.5. The summed E-state index contributed by atoms with van der Waals surface area (Å²) in [5, 5.41) is 7.34. The van der Waals surface area contributed by atoms with Gasteiger partial charge in [-0.2, -0.15) is 0 Å². The predicted molar refractivity (Wildman–Crippen MR) is 79.0 cm³/mol. The first-order chi connectivity index (χ1) is 8.58. The van der Waals surface area contributed by atoms with Crippen LogP contribution in [-0.4, -0.2) is 31.8 Å². The van der Waals surface area contributed by atoms with Crippen LogP contribution in [0.4, 0.5) is 0 Å². The van der Waals surface area contributed by atoms with Gasteiger partial charge in [0.05, 0.1) is 0 Å². The molecule has 0 atom stereocenters. The van der Waals surface area contributed by atoms with Gasteiger partial charge >= 0.3 is 0 Å². The van der Waals surface area contributed by atoms with E-state index in [9.17, 15) is 0 Å². The zero-order valence-corrected chi connectivity index (χ0v) is 11.5. The molecule has 0 bridgehead atoms. The van der Waals surface area contributed by atoms with Crippen LogP contribution in [0.15, 0.2) is 24.4 Å². The van der Waals surface area contributed by atoms with Crippen LogP contribution in [0.25, 0.3) is 5.57 Å². The molecule has 98 valence electrons. The number of benzene rings is 1. The van der Waals surface area contributed by atoms with Crippen molar-refractivity contribution in [3.05, 3.63) is 41.1 Å². The van der Waals surface area contributed by atoms with Gasteiger partial charge in [0.25, 0.3) is 0 Å². The number of rotatable bonds is 6. The quantitative estimate of drug-likeness (QED) is 0.756. The van der Waals surface area contributed by atoms with Crippen LogP contribution in [-0.2, 0) is 6.42 Å². The van der Waals surface area contributed by atoms with Gasteiger partial charge in [-0.25, -0.2) is 0 Å². The molecule has 0 saturated heterocycles. The van der Waals surface area contributed by atoms with Gasteiger partial charge in [-0.1, -0.05) is 18.2 Å². The maximum atomic E-state index is 7.34.